The predicted octanol–water partition coefficient (Wildman–Crippen LogP) is 7.24. The maximum Gasteiger partial charge on any atom is 0.0753 e. The number of fused-ring (bicyclic) bond motifs is 1. The van der Waals surface area contributed by atoms with Crippen molar-refractivity contribution in [3.8, 4) is 11.1 Å². The summed E-state index contributed by atoms with van der Waals surface area (Å²) >= 11 is 10.6. The molecule has 0 bridgehead atoms. The van der Waals surface area contributed by atoms with E-state index >= 15 is 0 Å². The van der Waals surface area contributed by atoms with E-state index in [1.54, 1.807) is 11.3 Å². The quantitative estimate of drug-likeness (QED) is 0.302. The van der Waals surface area contributed by atoms with Crippen LogP contribution in [-0.4, -0.2) is 0 Å². The number of allylic oxidation sites excluding steroid dienone is 4. The Morgan fingerprint density at radius 2 is 1.75 bits per heavy atom. The zero-order chi connectivity index (χ0) is 13.7. The first-order chi connectivity index (χ1) is 9.75. The van der Waals surface area contributed by atoms with Crippen LogP contribution in [0.1, 0.15) is 12.0 Å². The standard InChI is InChI=1S/C15H8I2S3/c16-14-10(8-3-1-2-4-8)12-13(20-14)11(15(17)19-12)9-5-6-18-7-9/h1,3-7H,2H2. The van der Waals surface area contributed by atoms with E-state index in [1.807, 2.05) is 22.7 Å². The molecule has 0 spiro atoms. The van der Waals surface area contributed by atoms with Gasteiger partial charge in [-0.25, -0.2) is 0 Å². The molecule has 3 aromatic rings. The van der Waals surface area contributed by atoms with Crippen LogP contribution in [0.15, 0.2) is 35.1 Å². The highest BCUT2D eigenvalue weighted by atomic mass is 127. The summed E-state index contributed by atoms with van der Waals surface area (Å²) in [7, 11) is 0. The minimum Gasteiger partial charge on any atom is -0.152 e. The Balaban J connectivity index is 2.03. The molecule has 0 saturated carbocycles. The smallest absolute Gasteiger partial charge is 0.0753 e. The third-order valence-electron chi connectivity index (χ3n) is 3.31. The van der Waals surface area contributed by atoms with Crippen LogP contribution in [0.5, 0.6) is 0 Å². The van der Waals surface area contributed by atoms with Gasteiger partial charge in [-0.15, -0.1) is 22.7 Å². The van der Waals surface area contributed by atoms with Crippen LogP contribution in [0.2, 0.25) is 0 Å². The van der Waals surface area contributed by atoms with E-state index in [-0.39, 0.29) is 0 Å². The molecule has 0 nitrogen and oxygen atoms in total. The molecule has 3 heterocycles. The van der Waals surface area contributed by atoms with Crippen molar-refractivity contribution in [2.75, 3.05) is 0 Å². The second kappa shape index (κ2) is 5.49. The highest BCUT2D eigenvalue weighted by Gasteiger charge is 2.21. The maximum atomic E-state index is 2.50. The molecule has 20 heavy (non-hydrogen) atoms. The molecule has 0 amide bonds. The zero-order valence-electron chi connectivity index (χ0n) is 10.2. The van der Waals surface area contributed by atoms with Gasteiger partial charge in [0.25, 0.3) is 0 Å². The number of rotatable bonds is 2. The van der Waals surface area contributed by atoms with Crippen molar-refractivity contribution in [2.24, 2.45) is 0 Å². The molecule has 0 aromatic carbocycles. The fourth-order valence-corrected chi connectivity index (χ4v) is 8.33. The molecule has 100 valence electrons. The average molecular weight is 538 g/mol. The lowest BCUT2D eigenvalue weighted by Crippen LogP contribution is -1.76. The predicted molar refractivity (Wildman–Crippen MR) is 110 cm³/mol. The lowest BCUT2D eigenvalue weighted by Gasteiger charge is -1.97. The number of hydrogen-bond donors (Lipinski definition) is 0. The van der Waals surface area contributed by atoms with Gasteiger partial charge in [-0.05, 0) is 79.6 Å². The average Bonchev–Trinajstić information content (AvgIpc) is 3.13. The zero-order valence-corrected chi connectivity index (χ0v) is 16.9. The van der Waals surface area contributed by atoms with Crippen LogP contribution >= 0.6 is 79.2 Å². The van der Waals surface area contributed by atoms with Crippen LogP contribution in [0.4, 0.5) is 0 Å². The lowest BCUT2D eigenvalue weighted by molar-refractivity contribution is 1.45. The lowest BCUT2D eigenvalue weighted by atomic mass is 10.1. The van der Waals surface area contributed by atoms with Crippen molar-refractivity contribution in [1.29, 1.82) is 0 Å². The largest absolute Gasteiger partial charge is 0.152 e. The summed E-state index contributed by atoms with van der Waals surface area (Å²) < 4.78 is 5.73. The van der Waals surface area contributed by atoms with E-state index in [2.05, 4.69) is 80.2 Å². The molecule has 3 aromatic heterocycles. The number of thiophene rings is 3. The second-order valence-electron chi connectivity index (χ2n) is 4.47. The van der Waals surface area contributed by atoms with Gasteiger partial charge in [0, 0.05) is 11.1 Å². The minimum absolute atomic E-state index is 1.07. The highest BCUT2D eigenvalue weighted by molar-refractivity contribution is 14.1. The molecule has 5 heteroatoms. The topological polar surface area (TPSA) is 0 Å². The molecular formula is C15H8I2S3. The van der Waals surface area contributed by atoms with Crippen LogP contribution in [-0.2, 0) is 0 Å². The van der Waals surface area contributed by atoms with Gasteiger partial charge in [0.15, 0.2) is 0 Å². The molecule has 0 N–H and O–H groups in total. The Labute approximate surface area is 156 Å². The Morgan fingerprint density at radius 1 is 1.00 bits per heavy atom. The van der Waals surface area contributed by atoms with E-state index in [0.29, 0.717) is 0 Å². The first kappa shape index (κ1) is 13.9. The number of halogens is 2. The van der Waals surface area contributed by atoms with E-state index in [9.17, 15) is 0 Å². The molecule has 4 rings (SSSR count). The van der Waals surface area contributed by atoms with Gasteiger partial charge in [-0.1, -0.05) is 18.2 Å². The van der Waals surface area contributed by atoms with E-state index in [0.717, 1.165) is 6.42 Å². The van der Waals surface area contributed by atoms with E-state index < -0.39 is 0 Å². The normalized spacial score (nSPS) is 14.4. The molecule has 0 radical (unpaired) electrons. The summed E-state index contributed by atoms with van der Waals surface area (Å²) in [6, 6.07) is 2.23. The van der Waals surface area contributed by atoms with Gasteiger partial charge in [0.05, 0.1) is 15.2 Å². The summed E-state index contributed by atoms with van der Waals surface area (Å²) in [4.78, 5) is 0. The van der Waals surface area contributed by atoms with Crippen molar-refractivity contribution in [3.63, 3.8) is 0 Å². The summed E-state index contributed by atoms with van der Waals surface area (Å²) in [5.74, 6) is 0. The molecule has 0 aliphatic heterocycles. The van der Waals surface area contributed by atoms with Gasteiger partial charge in [-0.3, -0.25) is 0 Å². The van der Waals surface area contributed by atoms with Crippen molar-refractivity contribution in [2.45, 2.75) is 6.42 Å². The van der Waals surface area contributed by atoms with Crippen LogP contribution in [0, 0.1) is 5.77 Å². The molecule has 0 fully saturated rings. The van der Waals surface area contributed by atoms with Gasteiger partial charge < -0.3 is 0 Å². The van der Waals surface area contributed by atoms with Crippen molar-refractivity contribution in [3.05, 3.63) is 46.4 Å². The van der Waals surface area contributed by atoms with Gasteiger partial charge >= 0.3 is 0 Å². The fraction of sp³-hybridized carbons (Fsp3) is 0.0667. The van der Waals surface area contributed by atoms with Crippen LogP contribution in [0.25, 0.3) is 26.1 Å². The van der Waals surface area contributed by atoms with E-state index in [1.165, 1.54) is 37.4 Å². The summed E-state index contributed by atoms with van der Waals surface area (Å²) in [6.07, 6.45) is 7.91. The molecule has 0 unspecified atom stereocenters. The van der Waals surface area contributed by atoms with Crippen molar-refractivity contribution in [1.82, 2.24) is 0 Å². The number of hydrogen-bond acceptors (Lipinski definition) is 3. The van der Waals surface area contributed by atoms with Gasteiger partial charge in [0.1, 0.15) is 0 Å². The van der Waals surface area contributed by atoms with Crippen molar-refractivity contribution < 1.29 is 0 Å². The first-order valence-electron chi connectivity index (χ1n) is 6.05. The fourth-order valence-electron chi connectivity index (χ4n) is 2.42. The van der Waals surface area contributed by atoms with Crippen LogP contribution < -0.4 is 0 Å². The Bertz CT molecular complexity index is 848. The monoisotopic (exact) mass is 538 g/mol. The van der Waals surface area contributed by atoms with Gasteiger partial charge in [0.2, 0.25) is 0 Å². The van der Waals surface area contributed by atoms with E-state index in [4.69, 9.17) is 0 Å². The molecule has 1 aliphatic carbocycles. The SMILES string of the molecule is Ic1sc2c(-c3ccsc3)c(I)sc2c1C1=CCC=C1. The van der Waals surface area contributed by atoms with Gasteiger partial charge in [-0.2, -0.15) is 11.3 Å². The Kier molecular flexibility index (Phi) is 3.83. The molecule has 0 saturated heterocycles. The third-order valence-corrected chi connectivity index (χ3v) is 8.51. The third kappa shape index (κ3) is 2.16. The summed E-state index contributed by atoms with van der Waals surface area (Å²) in [6.45, 7) is 0. The minimum atomic E-state index is 1.07. The molecular weight excluding hydrogens is 530 g/mol. The van der Waals surface area contributed by atoms with Crippen molar-refractivity contribution >= 4 is 94.2 Å². The summed E-state index contributed by atoms with van der Waals surface area (Å²) in [5.41, 5.74) is 5.65. The maximum absolute atomic E-state index is 2.50. The highest BCUT2D eigenvalue weighted by Crippen LogP contribution is 2.49. The summed E-state index contributed by atoms with van der Waals surface area (Å²) in [5, 5.41) is 4.42. The Hall–Kier alpha value is 0.300. The molecule has 0 atom stereocenters. The Morgan fingerprint density at radius 3 is 2.40 bits per heavy atom. The van der Waals surface area contributed by atoms with Crippen LogP contribution in [0.3, 0.4) is 0 Å². The second-order valence-corrected chi connectivity index (χ2v) is 10.9. The molecule has 1 aliphatic rings. The first-order valence-corrected chi connectivity index (χ1v) is 10.8.